The highest BCUT2D eigenvalue weighted by atomic mass is 16.5. The SMILES string of the molecule is CC[C@@]12C=CN(C(N)=N1)[C@@H]1CCOc3ccc(cc31)C(=O)N[C@H]1CC(C)(C)OC3=C1C=C(CCCC2)C(=O)C3. The number of guanidine groups is 1. The standard InChI is InChI=1S/C31H38N4O4/c1-4-31-11-6-5-7-19-15-21-23(18-30(2,3)39-27(21)17-25(19)36)33-28(37)20-8-9-26-22(16-20)24(10-14-38-26)35(13-12-31)29(32)34-31/h8-9,12-13,15-16,23-24H,4-7,10-11,14,17-18H2,1-3H3,(H2,32,34)(H,33,37)/t23-,24+,31+/m0/s1. The third kappa shape index (κ3) is 4.74. The Bertz CT molecular complexity index is 1340. The zero-order chi connectivity index (χ0) is 27.4. The molecule has 1 aromatic carbocycles. The molecule has 0 unspecified atom stereocenters. The summed E-state index contributed by atoms with van der Waals surface area (Å²) in [5.41, 5.74) is 8.99. The minimum absolute atomic E-state index is 0.0681. The molecule has 7 rings (SSSR count). The largest absolute Gasteiger partial charge is 0.493 e. The van der Waals surface area contributed by atoms with Crippen LogP contribution >= 0.6 is 0 Å². The number of amides is 1. The van der Waals surface area contributed by atoms with Crippen molar-refractivity contribution in [2.45, 2.75) is 95.4 Å². The lowest BCUT2D eigenvalue weighted by atomic mass is 9.82. The molecule has 1 aromatic rings. The molecule has 0 saturated carbocycles. The minimum atomic E-state index is -0.488. The van der Waals surface area contributed by atoms with Gasteiger partial charge in [-0.2, -0.15) is 0 Å². The van der Waals surface area contributed by atoms with E-state index in [0.29, 0.717) is 36.7 Å². The van der Waals surface area contributed by atoms with E-state index < -0.39 is 5.60 Å². The predicted octanol–water partition coefficient (Wildman–Crippen LogP) is 4.83. The lowest BCUT2D eigenvalue weighted by molar-refractivity contribution is -0.116. The van der Waals surface area contributed by atoms with Crippen molar-refractivity contribution in [3.8, 4) is 5.75 Å². The van der Waals surface area contributed by atoms with Crippen LogP contribution in [0.4, 0.5) is 0 Å². The van der Waals surface area contributed by atoms with E-state index in [4.69, 9.17) is 20.2 Å². The molecule has 206 valence electrons. The summed E-state index contributed by atoms with van der Waals surface area (Å²) in [6.07, 6.45) is 12.0. The number of carbonyl (C=O) groups excluding carboxylic acids is 2. The van der Waals surface area contributed by atoms with E-state index in [1.165, 1.54) is 0 Å². The van der Waals surface area contributed by atoms with Crippen molar-refractivity contribution in [2.24, 2.45) is 10.7 Å². The van der Waals surface area contributed by atoms with Gasteiger partial charge in [0.2, 0.25) is 0 Å². The molecule has 6 bridgehead atoms. The van der Waals surface area contributed by atoms with Crippen LogP contribution < -0.4 is 15.8 Å². The van der Waals surface area contributed by atoms with Crippen molar-refractivity contribution in [1.29, 1.82) is 0 Å². The number of fused-ring (bicyclic) bond motifs is 4. The summed E-state index contributed by atoms with van der Waals surface area (Å²) < 4.78 is 12.2. The molecule has 6 aliphatic rings. The summed E-state index contributed by atoms with van der Waals surface area (Å²) >= 11 is 0. The van der Waals surface area contributed by atoms with Crippen LogP contribution in [-0.4, -0.2) is 46.3 Å². The van der Waals surface area contributed by atoms with Crippen LogP contribution in [0.1, 0.15) is 94.1 Å². The molecule has 5 aliphatic heterocycles. The fourth-order valence-corrected chi connectivity index (χ4v) is 6.61. The van der Waals surface area contributed by atoms with E-state index >= 15 is 0 Å². The van der Waals surface area contributed by atoms with Gasteiger partial charge < -0.3 is 25.4 Å². The number of benzene rings is 1. The molecule has 3 N–H and O–H groups in total. The zero-order valence-corrected chi connectivity index (χ0v) is 23.1. The van der Waals surface area contributed by atoms with Gasteiger partial charge in [-0.3, -0.25) is 9.59 Å². The Morgan fingerprint density at radius 2 is 2.08 bits per heavy atom. The molecule has 8 nitrogen and oxygen atoms in total. The van der Waals surface area contributed by atoms with Crippen molar-refractivity contribution < 1.29 is 19.1 Å². The van der Waals surface area contributed by atoms with Gasteiger partial charge >= 0.3 is 0 Å². The molecule has 1 aliphatic carbocycles. The average molecular weight is 531 g/mol. The maximum Gasteiger partial charge on any atom is 0.251 e. The van der Waals surface area contributed by atoms with Crippen LogP contribution in [0.15, 0.2) is 58.4 Å². The normalized spacial score (nSPS) is 29.9. The van der Waals surface area contributed by atoms with Crippen LogP contribution in [0.5, 0.6) is 5.75 Å². The van der Waals surface area contributed by atoms with Crippen molar-refractivity contribution >= 4 is 17.6 Å². The Hall–Kier alpha value is -3.55. The van der Waals surface area contributed by atoms with E-state index in [2.05, 4.69) is 24.5 Å². The Balaban J connectivity index is 1.42. The van der Waals surface area contributed by atoms with Crippen molar-refractivity contribution in [1.82, 2.24) is 10.2 Å². The topological polar surface area (TPSA) is 106 Å². The first-order valence-electron chi connectivity index (χ1n) is 14.2. The van der Waals surface area contributed by atoms with E-state index in [-0.39, 0.29) is 35.7 Å². The van der Waals surface area contributed by atoms with E-state index in [1.54, 1.807) is 0 Å². The summed E-state index contributed by atoms with van der Waals surface area (Å²) in [5.74, 6) is 1.88. The first kappa shape index (κ1) is 25.7. The molecular formula is C31H38N4O4. The van der Waals surface area contributed by atoms with E-state index in [0.717, 1.165) is 54.6 Å². The summed E-state index contributed by atoms with van der Waals surface area (Å²) in [5, 5.41) is 3.26. The van der Waals surface area contributed by atoms with Gasteiger partial charge in [-0.1, -0.05) is 13.3 Å². The molecule has 3 atom stereocenters. The summed E-state index contributed by atoms with van der Waals surface area (Å²) in [7, 11) is 0. The number of hydrogen-bond acceptors (Lipinski definition) is 7. The highest BCUT2D eigenvalue weighted by Gasteiger charge is 2.39. The molecule has 0 saturated heterocycles. The lowest BCUT2D eigenvalue weighted by Crippen LogP contribution is -2.47. The number of nitrogens with zero attached hydrogens (tertiary/aromatic N) is 2. The van der Waals surface area contributed by atoms with Crippen molar-refractivity contribution in [3.63, 3.8) is 0 Å². The average Bonchev–Trinajstić information content (AvgIpc) is 2.90. The van der Waals surface area contributed by atoms with Gasteiger partial charge in [-0.05, 0) is 75.5 Å². The molecular weight excluding hydrogens is 492 g/mol. The van der Waals surface area contributed by atoms with Gasteiger partial charge in [0, 0.05) is 35.7 Å². The van der Waals surface area contributed by atoms with Crippen LogP contribution in [0.2, 0.25) is 0 Å². The number of ether oxygens (including phenoxy) is 2. The molecule has 0 aromatic heterocycles. The van der Waals surface area contributed by atoms with Crippen molar-refractivity contribution in [3.05, 3.63) is 64.6 Å². The fourth-order valence-electron chi connectivity index (χ4n) is 6.61. The number of hydrogen-bond donors (Lipinski definition) is 2. The number of ketones is 1. The quantitative estimate of drug-likeness (QED) is 0.539. The maximum atomic E-state index is 13.7. The van der Waals surface area contributed by atoms with Crippen LogP contribution in [0.3, 0.4) is 0 Å². The summed E-state index contributed by atoms with van der Waals surface area (Å²) in [6.45, 7) is 6.72. The Kier molecular flexibility index (Phi) is 6.31. The molecule has 5 heterocycles. The third-order valence-electron chi connectivity index (χ3n) is 8.79. The second-order valence-electron chi connectivity index (χ2n) is 12.0. The smallest absolute Gasteiger partial charge is 0.251 e. The molecule has 1 amide bonds. The lowest BCUT2D eigenvalue weighted by Gasteiger charge is -2.40. The summed E-state index contributed by atoms with van der Waals surface area (Å²) in [6, 6.07) is 5.30. The Labute approximate surface area is 230 Å². The molecule has 8 heteroatoms. The number of nitrogens with one attached hydrogen (secondary N) is 1. The predicted molar refractivity (Wildman–Crippen MR) is 149 cm³/mol. The number of allylic oxidation sites excluding steroid dienone is 2. The molecule has 0 fully saturated rings. The van der Waals surface area contributed by atoms with Gasteiger partial charge in [0.05, 0.1) is 30.7 Å². The second kappa shape index (κ2) is 9.57. The highest BCUT2D eigenvalue weighted by molar-refractivity contribution is 5.99. The number of nitrogens with two attached hydrogens (primary N) is 1. The molecule has 39 heavy (non-hydrogen) atoms. The van der Waals surface area contributed by atoms with Crippen LogP contribution in [0.25, 0.3) is 0 Å². The number of rotatable bonds is 1. The minimum Gasteiger partial charge on any atom is -0.493 e. The highest BCUT2D eigenvalue weighted by Crippen LogP contribution is 2.41. The summed E-state index contributed by atoms with van der Waals surface area (Å²) in [4.78, 5) is 33.7. The van der Waals surface area contributed by atoms with Gasteiger partial charge in [-0.25, -0.2) is 4.99 Å². The second-order valence-corrected chi connectivity index (χ2v) is 12.0. The van der Waals surface area contributed by atoms with Gasteiger partial charge in [0.1, 0.15) is 17.1 Å². The Morgan fingerprint density at radius 3 is 2.87 bits per heavy atom. The monoisotopic (exact) mass is 530 g/mol. The van der Waals surface area contributed by atoms with E-state index in [9.17, 15) is 9.59 Å². The van der Waals surface area contributed by atoms with Crippen molar-refractivity contribution in [2.75, 3.05) is 6.61 Å². The first-order chi connectivity index (χ1) is 18.7. The Morgan fingerprint density at radius 1 is 1.23 bits per heavy atom. The maximum absolute atomic E-state index is 13.7. The van der Waals surface area contributed by atoms with Gasteiger partial charge in [0.15, 0.2) is 11.7 Å². The fraction of sp³-hybridized carbons (Fsp3) is 0.516. The molecule has 0 spiro atoms. The molecule has 0 radical (unpaired) electrons. The van der Waals surface area contributed by atoms with Gasteiger partial charge in [0.25, 0.3) is 5.91 Å². The number of aliphatic imine (C=N–C) groups is 1. The van der Waals surface area contributed by atoms with Crippen LogP contribution in [0, 0.1) is 0 Å². The number of carbonyl (C=O) groups is 2. The van der Waals surface area contributed by atoms with Gasteiger partial charge in [-0.15, -0.1) is 0 Å². The van der Waals surface area contributed by atoms with E-state index in [1.807, 2.05) is 43.0 Å². The third-order valence-corrected chi connectivity index (χ3v) is 8.79. The zero-order valence-electron chi connectivity index (χ0n) is 23.1. The van der Waals surface area contributed by atoms with Crippen LogP contribution in [-0.2, 0) is 9.53 Å². The first-order valence-corrected chi connectivity index (χ1v) is 14.2. The number of Topliss-reactive ketones (excluding diaryl/α,β-unsaturated/α-hetero) is 1.